The Kier molecular flexibility index (Phi) is 4.59. The molecule has 5 nitrogen and oxygen atoms in total. The van der Waals surface area contributed by atoms with Crippen LogP contribution in [0.1, 0.15) is 59.3 Å². The van der Waals surface area contributed by atoms with Crippen molar-refractivity contribution < 1.29 is 19.4 Å². The maximum absolute atomic E-state index is 12.4. The van der Waals surface area contributed by atoms with Gasteiger partial charge in [-0.3, -0.25) is 4.79 Å². The highest BCUT2D eigenvalue weighted by Gasteiger charge is 2.40. The van der Waals surface area contributed by atoms with E-state index in [0.29, 0.717) is 0 Å². The predicted molar refractivity (Wildman–Crippen MR) is 79.1 cm³/mol. The lowest BCUT2D eigenvalue weighted by Gasteiger charge is -2.47. The minimum atomic E-state index is -0.803. The summed E-state index contributed by atoms with van der Waals surface area (Å²) in [6, 6.07) is 0.319. The van der Waals surface area contributed by atoms with Gasteiger partial charge in [-0.2, -0.15) is 0 Å². The Bertz CT molecular complexity index is 434. The fraction of sp³-hybridized carbons (Fsp3) is 0.750. The molecule has 2 saturated heterocycles. The van der Waals surface area contributed by atoms with Crippen LogP contribution in [0.3, 0.4) is 0 Å². The minimum absolute atomic E-state index is 0.0706. The number of piperidine rings is 2. The number of aliphatic carboxylic acids is 1. The van der Waals surface area contributed by atoms with Crippen molar-refractivity contribution >= 4 is 12.1 Å². The van der Waals surface area contributed by atoms with E-state index in [1.807, 2.05) is 31.7 Å². The van der Waals surface area contributed by atoms with Crippen LogP contribution < -0.4 is 0 Å². The third-order valence-corrected chi connectivity index (χ3v) is 4.03. The summed E-state index contributed by atoms with van der Waals surface area (Å²) >= 11 is 0. The van der Waals surface area contributed by atoms with E-state index in [9.17, 15) is 9.59 Å². The van der Waals surface area contributed by atoms with Gasteiger partial charge in [0.2, 0.25) is 0 Å². The SMILES string of the molecule is CC(C)(C)OC(=O)N1C2CCCC1CC(=CCC(=O)O)C2. The zero-order valence-corrected chi connectivity index (χ0v) is 13.1. The monoisotopic (exact) mass is 295 g/mol. The van der Waals surface area contributed by atoms with Crippen LogP contribution >= 0.6 is 0 Å². The Morgan fingerprint density at radius 2 is 1.86 bits per heavy atom. The lowest BCUT2D eigenvalue weighted by molar-refractivity contribution is -0.136. The van der Waals surface area contributed by atoms with E-state index in [2.05, 4.69) is 0 Å². The summed E-state index contributed by atoms with van der Waals surface area (Å²) in [6.07, 6.45) is 6.29. The minimum Gasteiger partial charge on any atom is -0.481 e. The van der Waals surface area contributed by atoms with Gasteiger partial charge in [-0.1, -0.05) is 11.6 Å². The normalized spacial score (nSPS) is 25.5. The molecule has 2 aliphatic heterocycles. The summed E-state index contributed by atoms with van der Waals surface area (Å²) in [5, 5.41) is 8.79. The molecule has 0 spiro atoms. The Hall–Kier alpha value is -1.52. The molecule has 2 heterocycles. The fourth-order valence-electron chi connectivity index (χ4n) is 3.27. The van der Waals surface area contributed by atoms with Gasteiger partial charge in [0, 0.05) is 12.1 Å². The molecule has 5 heteroatoms. The van der Waals surface area contributed by atoms with Gasteiger partial charge >= 0.3 is 12.1 Å². The summed E-state index contributed by atoms with van der Waals surface area (Å²) in [5.74, 6) is -0.803. The van der Waals surface area contributed by atoms with Crippen LogP contribution in [-0.4, -0.2) is 39.8 Å². The first-order chi connectivity index (χ1) is 9.76. The first kappa shape index (κ1) is 15.9. The molecule has 0 aromatic carbocycles. The molecule has 118 valence electrons. The quantitative estimate of drug-likeness (QED) is 0.793. The van der Waals surface area contributed by atoms with Crippen molar-refractivity contribution in [3.8, 4) is 0 Å². The van der Waals surface area contributed by atoms with Crippen LogP contribution in [0, 0.1) is 0 Å². The van der Waals surface area contributed by atoms with Crippen molar-refractivity contribution in [3.63, 3.8) is 0 Å². The molecule has 0 aliphatic carbocycles. The lowest BCUT2D eigenvalue weighted by Crippen LogP contribution is -2.54. The molecule has 21 heavy (non-hydrogen) atoms. The smallest absolute Gasteiger partial charge is 0.410 e. The van der Waals surface area contributed by atoms with Gasteiger partial charge in [0.1, 0.15) is 5.60 Å². The summed E-state index contributed by atoms with van der Waals surface area (Å²) in [5.41, 5.74) is 0.692. The van der Waals surface area contributed by atoms with Gasteiger partial charge in [-0.05, 0) is 52.9 Å². The molecular weight excluding hydrogens is 270 g/mol. The van der Waals surface area contributed by atoms with Crippen molar-refractivity contribution in [2.75, 3.05) is 0 Å². The van der Waals surface area contributed by atoms with E-state index < -0.39 is 11.6 Å². The largest absolute Gasteiger partial charge is 0.481 e. The van der Waals surface area contributed by atoms with E-state index in [-0.39, 0.29) is 24.6 Å². The number of ether oxygens (including phenoxy) is 1. The molecule has 2 rings (SSSR count). The zero-order chi connectivity index (χ0) is 15.6. The van der Waals surface area contributed by atoms with Crippen LogP contribution in [0.2, 0.25) is 0 Å². The van der Waals surface area contributed by atoms with Crippen LogP contribution in [0.4, 0.5) is 4.79 Å². The van der Waals surface area contributed by atoms with E-state index in [4.69, 9.17) is 9.84 Å². The number of hydrogen-bond acceptors (Lipinski definition) is 3. The summed E-state index contributed by atoms with van der Waals surface area (Å²) in [7, 11) is 0. The fourth-order valence-corrected chi connectivity index (χ4v) is 3.27. The second kappa shape index (κ2) is 6.08. The Morgan fingerprint density at radius 1 is 1.29 bits per heavy atom. The second-order valence-electron chi connectivity index (χ2n) is 6.99. The highest BCUT2D eigenvalue weighted by molar-refractivity contribution is 5.70. The van der Waals surface area contributed by atoms with Gasteiger partial charge in [-0.15, -0.1) is 0 Å². The average molecular weight is 295 g/mol. The predicted octanol–water partition coefficient (Wildman–Crippen LogP) is 3.34. The molecule has 0 radical (unpaired) electrons. The molecule has 1 amide bonds. The van der Waals surface area contributed by atoms with Crippen LogP contribution in [0.15, 0.2) is 11.6 Å². The topological polar surface area (TPSA) is 66.8 Å². The first-order valence-corrected chi connectivity index (χ1v) is 7.67. The first-order valence-electron chi connectivity index (χ1n) is 7.67. The maximum atomic E-state index is 12.4. The molecule has 0 aromatic rings. The number of carbonyl (C=O) groups is 2. The lowest BCUT2D eigenvalue weighted by atomic mass is 9.81. The van der Waals surface area contributed by atoms with Crippen molar-refractivity contribution in [2.24, 2.45) is 0 Å². The number of nitrogens with zero attached hydrogens (tertiary/aromatic N) is 1. The number of carboxylic acids is 1. The van der Waals surface area contributed by atoms with E-state index >= 15 is 0 Å². The standard InChI is InChI=1S/C16H25NO4/c1-16(2,3)21-15(20)17-12-5-4-6-13(17)10-11(9-12)7-8-14(18)19/h7,12-13H,4-6,8-10H2,1-3H3,(H,18,19). The number of rotatable bonds is 2. The molecule has 2 atom stereocenters. The van der Waals surface area contributed by atoms with Crippen LogP contribution in [-0.2, 0) is 9.53 Å². The highest BCUT2D eigenvalue weighted by Crippen LogP contribution is 2.37. The zero-order valence-electron chi connectivity index (χ0n) is 13.1. The number of hydrogen-bond donors (Lipinski definition) is 1. The number of fused-ring (bicyclic) bond motifs is 2. The average Bonchev–Trinajstić information content (AvgIpc) is 2.32. The number of carboxylic acid groups (broad SMARTS) is 1. The van der Waals surface area contributed by atoms with Crippen LogP contribution in [0.5, 0.6) is 0 Å². The Morgan fingerprint density at radius 3 is 2.33 bits per heavy atom. The van der Waals surface area contributed by atoms with Crippen molar-refractivity contribution in [2.45, 2.75) is 77.0 Å². The highest BCUT2D eigenvalue weighted by atomic mass is 16.6. The van der Waals surface area contributed by atoms with Crippen molar-refractivity contribution in [1.29, 1.82) is 0 Å². The van der Waals surface area contributed by atoms with Gasteiger partial charge in [-0.25, -0.2) is 4.79 Å². The molecular formula is C16H25NO4. The van der Waals surface area contributed by atoms with Gasteiger partial charge in [0.05, 0.1) is 6.42 Å². The molecule has 1 N–H and O–H groups in total. The third-order valence-electron chi connectivity index (χ3n) is 4.03. The summed E-state index contributed by atoms with van der Waals surface area (Å²) < 4.78 is 5.52. The molecule has 2 bridgehead atoms. The maximum Gasteiger partial charge on any atom is 0.410 e. The summed E-state index contributed by atoms with van der Waals surface area (Å²) in [6.45, 7) is 5.63. The van der Waals surface area contributed by atoms with Gasteiger partial charge in [0.15, 0.2) is 0 Å². The van der Waals surface area contributed by atoms with Crippen LogP contribution in [0.25, 0.3) is 0 Å². The van der Waals surface area contributed by atoms with E-state index in [1.165, 1.54) is 5.57 Å². The second-order valence-corrected chi connectivity index (χ2v) is 6.99. The molecule has 2 fully saturated rings. The number of amides is 1. The van der Waals surface area contributed by atoms with Gasteiger partial charge in [0.25, 0.3) is 0 Å². The number of carbonyl (C=O) groups excluding carboxylic acids is 1. The molecule has 2 aliphatic rings. The molecule has 0 saturated carbocycles. The van der Waals surface area contributed by atoms with Crippen molar-refractivity contribution in [1.82, 2.24) is 4.90 Å². The molecule has 2 unspecified atom stereocenters. The summed E-state index contributed by atoms with van der Waals surface area (Å²) in [4.78, 5) is 25.0. The van der Waals surface area contributed by atoms with E-state index in [1.54, 1.807) is 0 Å². The van der Waals surface area contributed by atoms with E-state index in [0.717, 1.165) is 32.1 Å². The Balaban J connectivity index is 2.07. The third kappa shape index (κ3) is 4.22. The molecule has 0 aromatic heterocycles. The van der Waals surface area contributed by atoms with Gasteiger partial charge < -0.3 is 14.7 Å². The van der Waals surface area contributed by atoms with Crippen molar-refractivity contribution in [3.05, 3.63) is 11.6 Å². The Labute approximate surface area is 126 Å².